The summed E-state index contributed by atoms with van der Waals surface area (Å²) in [5.41, 5.74) is 12.7. The fourth-order valence-corrected chi connectivity index (χ4v) is 8.95. The zero-order valence-corrected chi connectivity index (χ0v) is 30.2. The minimum Gasteiger partial charge on any atom is -0.455 e. The van der Waals surface area contributed by atoms with Crippen LogP contribution in [0.3, 0.4) is 0 Å². The van der Waals surface area contributed by atoms with E-state index in [1.165, 1.54) is 21.5 Å². The number of ether oxygens (including phenoxy) is 1. The van der Waals surface area contributed by atoms with Gasteiger partial charge >= 0.3 is 0 Å². The molecule has 1 aliphatic heterocycles. The van der Waals surface area contributed by atoms with Crippen LogP contribution >= 0.6 is 0 Å². The van der Waals surface area contributed by atoms with Crippen LogP contribution < -0.4 is 9.64 Å². The third kappa shape index (κ3) is 4.47. The number of fused-ring (bicyclic) bond motifs is 9. The van der Waals surface area contributed by atoms with E-state index in [0.717, 1.165) is 89.5 Å². The van der Waals surface area contributed by atoms with Gasteiger partial charge in [-0.1, -0.05) is 140 Å². The van der Waals surface area contributed by atoms with Crippen molar-refractivity contribution in [1.82, 2.24) is 4.57 Å². The molecule has 12 rings (SSSR count). The Morgan fingerprint density at radius 2 is 1.04 bits per heavy atom. The Morgan fingerprint density at radius 3 is 1.96 bits per heavy atom. The van der Waals surface area contributed by atoms with Crippen molar-refractivity contribution >= 4 is 71.6 Å². The quantitative estimate of drug-likeness (QED) is 0.178. The predicted octanol–water partition coefficient (Wildman–Crippen LogP) is 14.7. The highest BCUT2D eigenvalue weighted by Gasteiger charge is 2.26. The van der Waals surface area contributed by atoms with Gasteiger partial charge in [0.25, 0.3) is 0 Å². The first-order valence-corrected chi connectivity index (χ1v) is 19.0. The number of rotatable bonds is 5. The Bertz CT molecular complexity index is 3360. The van der Waals surface area contributed by atoms with Crippen LogP contribution in [0.4, 0.5) is 17.1 Å². The molecule has 0 N–H and O–H groups in total. The molecular weight excluding hydrogens is 685 g/mol. The first-order chi connectivity index (χ1) is 27.8. The Balaban J connectivity index is 1.12. The molecule has 3 heterocycles. The van der Waals surface area contributed by atoms with E-state index in [4.69, 9.17) is 9.15 Å². The highest BCUT2D eigenvalue weighted by atomic mass is 16.5. The highest BCUT2D eigenvalue weighted by Crippen LogP contribution is 2.50. The number of hydrogen-bond donors (Lipinski definition) is 0. The zero-order valence-electron chi connectivity index (χ0n) is 30.2. The smallest absolute Gasteiger partial charge is 0.152 e. The average molecular weight is 717 g/mol. The fourth-order valence-electron chi connectivity index (χ4n) is 8.95. The molecule has 0 aliphatic carbocycles. The Labute approximate surface area is 322 Å². The molecule has 0 saturated carbocycles. The van der Waals surface area contributed by atoms with Gasteiger partial charge in [-0.25, -0.2) is 0 Å². The van der Waals surface area contributed by atoms with Crippen molar-refractivity contribution in [1.29, 1.82) is 0 Å². The monoisotopic (exact) mass is 716 g/mol. The Morgan fingerprint density at radius 1 is 0.411 bits per heavy atom. The Kier molecular flexibility index (Phi) is 6.60. The van der Waals surface area contributed by atoms with Crippen LogP contribution in [0.2, 0.25) is 0 Å². The third-order valence-electron chi connectivity index (χ3n) is 11.4. The van der Waals surface area contributed by atoms with Crippen LogP contribution in [0, 0.1) is 0 Å². The maximum Gasteiger partial charge on any atom is 0.152 e. The van der Waals surface area contributed by atoms with E-state index >= 15 is 0 Å². The number of para-hydroxylation sites is 7. The van der Waals surface area contributed by atoms with Gasteiger partial charge in [-0.05, 0) is 65.5 Å². The van der Waals surface area contributed by atoms with Gasteiger partial charge in [-0.3, -0.25) is 0 Å². The largest absolute Gasteiger partial charge is 0.455 e. The van der Waals surface area contributed by atoms with E-state index in [9.17, 15) is 0 Å². The number of anilines is 3. The summed E-state index contributed by atoms with van der Waals surface area (Å²) < 4.78 is 15.4. The van der Waals surface area contributed by atoms with Crippen LogP contribution in [0.25, 0.3) is 82.5 Å². The van der Waals surface area contributed by atoms with Crippen molar-refractivity contribution in [3.8, 4) is 39.4 Å². The fraction of sp³-hybridized carbons (Fsp3) is 0. The van der Waals surface area contributed by atoms with Gasteiger partial charge in [0.1, 0.15) is 11.2 Å². The summed E-state index contributed by atoms with van der Waals surface area (Å²) in [6, 6.07) is 69.1. The van der Waals surface area contributed by atoms with E-state index < -0.39 is 0 Å². The van der Waals surface area contributed by atoms with Crippen molar-refractivity contribution in [3.05, 3.63) is 194 Å². The molecule has 0 atom stereocenters. The van der Waals surface area contributed by atoms with Gasteiger partial charge in [0.05, 0.1) is 33.8 Å². The molecule has 0 unspecified atom stereocenters. The van der Waals surface area contributed by atoms with Gasteiger partial charge in [0.2, 0.25) is 0 Å². The number of furan rings is 1. The second-order valence-electron chi connectivity index (χ2n) is 14.4. The Hall–Kier alpha value is -7.56. The van der Waals surface area contributed by atoms with Gasteiger partial charge in [-0.15, -0.1) is 0 Å². The molecule has 56 heavy (non-hydrogen) atoms. The summed E-state index contributed by atoms with van der Waals surface area (Å²) in [4.78, 5) is 2.44. The van der Waals surface area contributed by atoms with E-state index in [2.05, 4.69) is 185 Å². The lowest BCUT2D eigenvalue weighted by atomic mass is 9.96. The molecule has 0 saturated heterocycles. The normalized spacial score (nSPS) is 12.1. The van der Waals surface area contributed by atoms with E-state index in [1.54, 1.807) is 0 Å². The maximum atomic E-state index is 6.64. The second-order valence-corrected chi connectivity index (χ2v) is 14.4. The van der Waals surface area contributed by atoms with Crippen LogP contribution in [-0.4, -0.2) is 4.57 Å². The summed E-state index contributed by atoms with van der Waals surface area (Å²) >= 11 is 0. The van der Waals surface area contributed by atoms with Gasteiger partial charge < -0.3 is 18.6 Å². The van der Waals surface area contributed by atoms with Crippen molar-refractivity contribution in [2.45, 2.75) is 0 Å². The molecule has 0 bridgehead atoms. The molecule has 262 valence electrons. The number of nitrogens with zero attached hydrogens (tertiary/aromatic N) is 2. The summed E-state index contributed by atoms with van der Waals surface area (Å²) in [5.74, 6) is 1.74. The molecular formula is C52H32N2O2. The summed E-state index contributed by atoms with van der Waals surface area (Å²) in [7, 11) is 0. The molecule has 2 aromatic heterocycles. The lowest BCUT2D eigenvalue weighted by Crippen LogP contribution is -2.13. The number of hydrogen-bond acceptors (Lipinski definition) is 3. The third-order valence-corrected chi connectivity index (χ3v) is 11.4. The van der Waals surface area contributed by atoms with Crippen LogP contribution in [-0.2, 0) is 0 Å². The lowest BCUT2D eigenvalue weighted by Gasteiger charge is -2.31. The van der Waals surface area contributed by atoms with Crippen molar-refractivity contribution in [2.75, 3.05) is 4.90 Å². The van der Waals surface area contributed by atoms with E-state index in [0.29, 0.717) is 0 Å². The van der Waals surface area contributed by atoms with Crippen molar-refractivity contribution in [3.63, 3.8) is 0 Å². The number of benzene rings is 9. The first-order valence-electron chi connectivity index (χ1n) is 19.0. The molecule has 0 spiro atoms. The van der Waals surface area contributed by atoms with Gasteiger partial charge in [0.15, 0.2) is 11.5 Å². The van der Waals surface area contributed by atoms with Crippen molar-refractivity contribution < 1.29 is 9.15 Å². The lowest BCUT2D eigenvalue weighted by molar-refractivity contribution is 0.476. The molecule has 11 aromatic rings. The molecule has 4 heteroatoms. The summed E-state index contributed by atoms with van der Waals surface area (Å²) in [6.45, 7) is 0. The molecule has 0 radical (unpaired) electrons. The molecule has 9 aromatic carbocycles. The van der Waals surface area contributed by atoms with Crippen molar-refractivity contribution in [2.24, 2.45) is 0 Å². The maximum absolute atomic E-state index is 6.64. The zero-order chi connectivity index (χ0) is 36.7. The summed E-state index contributed by atoms with van der Waals surface area (Å²) in [5, 5.41) is 6.93. The SMILES string of the molecule is c1ccc2c(c1)Oc1cccc3c4cc(-c5ccccc5N(c5ccccc5-c5cccc6c5oc5ccccc56)c5cccc6ccccc56)ccc4n-2c13. The van der Waals surface area contributed by atoms with E-state index in [-0.39, 0.29) is 0 Å². The highest BCUT2D eigenvalue weighted by molar-refractivity contribution is 6.14. The van der Waals surface area contributed by atoms with E-state index in [1.807, 2.05) is 18.2 Å². The van der Waals surface area contributed by atoms with Crippen LogP contribution in [0.5, 0.6) is 11.5 Å². The minimum absolute atomic E-state index is 0.863. The van der Waals surface area contributed by atoms with Gasteiger partial charge in [-0.2, -0.15) is 0 Å². The van der Waals surface area contributed by atoms with Gasteiger partial charge in [0, 0.05) is 43.6 Å². The standard InChI is InChI=1S/C52H32N2O2/c1-2-16-35-33(14-1)15-11-26-44(35)53(45-24-7-4-18-37(45)40-21-12-22-41-38-19-5-9-27-48(38)56-52(40)41)43-23-6-3-17-36(43)34-30-31-46-42(32-34)39-20-13-29-50-51(39)54(46)47-25-8-10-28-49(47)55-50/h1-32H. The van der Waals surface area contributed by atoms with Crippen LogP contribution in [0.15, 0.2) is 199 Å². The predicted molar refractivity (Wildman–Crippen MR) is 231 cm³/mol. The summed E-state index contributed by atoms with van der Waals surface area (Å²) in [6.07, 6.45) is 0. The average Bonchev–Trinajstić information content (AvgIpc) is 3.81. The topological polar surface area (TPSA) is 30.5 Å². The first kappa shape index (κ1) is 30.9. The number of aromatic nitrogens is 1. The molecule has 4 nitrogen and oxygen atoms in total. The second kappa shape index (κ2) is 12.0. The molecule has 0 fully saturated rings. The minimum atomic E-state index is 0.863. The molecule has 1 aliphatic rings. The molecule has 0 amide bonds. The van der Waals surface area contributed by atoms with Crippen LogP contribution in [0.1, 0.15) is 0 Å².